The monoisotopic (exact) mass is 312 g/mol. The zero-order chi connectivity index (χ0) is 16.2. The second-order valence-corrected chi connectivity index (χ2v) is 5.84. The van der Waals surface area contributed by atoms with Gasteiger partial charge in [-0.15, -0.1) is 0 Å². The Kier molecular flexibility index (Phi) is 9.42. The van der Waals surface area contributed by atoms with Gasteiger partial charge in [0.1, 0.15) is 6.10 Å². The standard InChI is InChI=1S/C16H28N2O4/c1-3-5-9-13(4-2)12-21-15(19)17-18-16(20)22-14-10-7-6-8-11-14/h13-14H,3-12H2,1-2H3. The summed E-state index contributed by atoms with van der Waals surface area (Å²) in [5.74, 6) is 0.341. The maximum absolute atomic E-state index is 11.5. The smallest absolute Gasteiger partial charge is 0.447 e. The van der Waals surface area contributed by atoms with Gasteiger partial charge >= 0.3 is 12.2 Å². The fourth-order valence-electron chi connectivity index (χ4n) is 2.55. The molecule has 6 heteroatoms. The third-order valence-electron chi connectivity index (χ3n) is 4.02. The Morgan fingerprint density at radius 3 is 2.41 bits per heavy atom. The lowest BCUT2D eigenvalue weighted by Gasteiger charge is -2.20. The molecule has 0 heterocycles. The summed E-state index contributed by atoms with van der Waals surface area (Å²) in [6, 6.07) is 0. The third-order valence-corrected chi connectivity index (χ3v) is 4.02. The van der Waals surface area contributed by atoms with Crippen molar-refractivity contribution >= 4 is 12.2 Å². The summed E-state index contributed by atoms with van der Waals surface area (Å²) in [4.78, 5) is 22.9. The number of hydrogen-bond donors (Lipinski definition) is 0. The van der Waals surface area contributed by atoms with Crippen LogP contribution in [0.2, 0.25) is 0 Å². The van der Waals surface area contributed by atoms with E-state index in [1.54, 1.807) is 0 Å². The first kappa shape index (κ1) is 18.6. The second-order valence-electron chi connectivity index (χ2n) is 5.84. The van der Waals surface area contributed by atoms with E-state index in [2.05, 4.69) is 24.1 Å². The molecule has 0 radical (unpaired) electrons. The number of nitrogens with zero attached hydrogens (tertiary/aromatic N) is 2. The molecule has 1 aliphatic rings. The molecule has 6 nitrogen and oxygen atoms in total. The Bertz CT molecular complexity index is 365. The van der Waals surface area contributed by atoms with Gasteiger partial charge in [0, 0.05) is 0 Å². The van der Waals surface area contributed by atoms with E-state index in [1.165, 1.54) is 6.42 Å². The zero-order valence-electron chi connectivity index (χ0n) is 13.8. The van der Waals surface area contributed by atoms with Gasteiger partial charge in [-0.1, -0.05) is 49.8 Å². The number of carbonyl (C=O) groups is 2. The van der Waals surface area contributed by atoms with Crippen molar-refractivity contribution in [3.8, 4) is 0 Å². The fourth-order valence-corrected chi connectivity index (χ4v) is 2.55. The number of unbranched alkanes of at least 4 members (excludes halogenated alkanes) is 1. The number of carbonyl (C=O) groups excluding carboxylic acids is 2. The van der Waals surface area contributed by atoms with Crippen molar-refractivity contribution < 1.29 is 19.1 Å². The molecule has 0 saturated heterocycles. The molecular weight excluding hydrogens is 284 g/mol. The highest BCUT2D eigenvalue weighted by Crippen LogP contribution is 2.20. The normalized spacial score (nSPS) is 17.4. The summed E-state index contributed by atoms with van der Waals surface area (Å²) in [7, 11) is 0. The number of hydrogen-bond acceptors (Lipinski definition) is 4. The minimum atomic E-state index is -0.824. The molecular formula is C16H28N2O4. The molecule has 22 heavy (non-hydrogen) atoms. The average molecular weight is 312 g/mol. The minimum Gasteiger partial charge on any atom is -0.447 e. The predicted octanol–water partition coefficient (Wildman–Crippen LogP) is 5.26. The van der Waals surface area contributed by atoms with Crippen LogP contribution in [0.25, 0.3) is 0 Å². The predicted molar refractivity (Wildman–Crippen MR) is 82.9 cm³/mol. The summed E-state index contributed by atoms with van der Waals surface area (Å²) < 4.78 is 10.2. The molecule has 1 fully saturated rings. The van der Waals surface area contributed by atoms with Crippen LogP contribution >= 0.6 is 0 Å². The van der Waals surface area contributed by atoms with Crippen molar-refractivity contribution in [1.29, 1.82) is 0 Å². The van der Waals surface area contributed by atoms with E-state index in [0.29, 0.717) is 12.5 Å². The molecule has 0 aliphatic heterocycles. The minimum absolute atomic E-state index is 0.0882. The number of azo groups is 1. The molecule has 126 valence electrons. The number of ether oxygens (including phenoxy) is 2. The SMILES string of the molecule is CCCCC(CC)COC(=O)N=NC(=O)OC1CCCCC1. The van der Waals surface area contributed by atoms with Crippen LogP contribution in [-0.2, 0) is 9.47 Å². The Labute approximate surface area is 132 Å². The highest BCUT2D eigenvalue weighted by atomic mass is 16.6. The molecule has 1 saturated carbocycles. The highest BCUT2D eigenvalue weighted by Gasteiger charge is 2.17. The molecule has 1 rings (SSSR count). The van der Waals surface area contributed by atoms with E-state index in [4.69, 9.17) is 9.47 Å². The van der Waals surface area contributed by atoms with Gasteiger partial charge in [-0.2, -0.15) is 0 Å². The van der Waals surface area contributed by atoms with Crippen molar-refractivity contribution in [2.75, 3.05) is 6.61 Å². The summed E-state index contributed by atoms with van der Waals surface area (Å²) in [5.41, 5.74) is 0. The van der Waals surface area contributed by atoms with Crippen LogP contribution < -0.4 is 0 Å². The van der Waals surface area contributed by atoms with Crippen LogP contribution in [0.1, 0.15) is 71.6 Å². The van der Waals surface area contributed by atoms with Crippen LogP contribution in [0.5, 0.6) is 0 Å². The lowest BCUT2D eigenvalue weighted by atomic mass is 9.98. The molecule has 0 bridgehead atoms. The maximum atomic E-state index is 11.5. The van der Waals surface area contributed by atoms with E-state index >= 15 is 0 Å². The quantitative estimate of drug-likeness (QED) is 0.601. The Morgan fingerprint density at radius 1 is 1.09 bits per heavy atom. The lowest BCUT2D eigenvalue weighted by molar-refractivity contribution is 0.0809. The van der Waals surface area contributed by atoms with Crippen molar-refractivity contribution in [3.63, 3.8) is 0 Å². The maximum Gasteiger partial charge on any atom is 0.452 e. The Balaban J connectivity index is 2.23. The van der Waals surface area contributed by atoms with Gasteiger partial charge < -0.3 is 9.47 Å². The number of rotatable bonds is 7. The van der Waals surface area contributed by atoms with Crippen molar-refractivity contribution in [1.82, 2.24) is 0 Å². The lowest BCUT2D eigenvalue weighted by Crippen LogP contribution is -2.19. The van der Waals surface area contributed by atoms with E-state index in [9.17, 15) is 9.59 Å². The first-order chi connectivity index (χ1) is 10.7. The topological polar surface area (TPSA) is 77.3 Å². The summed E-state index contributed by atoms with van der Waals surface area (Å²) in [6.45, 7) is 4.52. The molecule has 1 unspecified atom stereocenters. The molecule has 0 N–H and O–H groups in total. The van der Waals surface area contributed by atoms with Gasteiger partial charge in [0.2, 0.25) is 0 Å². The summed E-state index contributed by atoms with van der Waals surface area (Å²) in [5, 5.41) is 6.54. The van der Waals surface area contributed by atoms with Gasteiger partial charge in [-0.3, -0.25) is 0 Å². The van der Waals surface area contributed by atoms with Crippen LogP contribution in [0.3, 0.4) is 0 Å². The second kappa shape index (κ2) is 11.2. The molecule has 2 amide bonds. The van der Waals surface area contributed by atoms with E-state index in [1.807, 2.05) is 0 Å². The van der Waals surface area contributed by atoms with Crippen molar-refractivity contribution in [2.24, 2.45) is 16.1 Å². The molecule has 0 aromatic rings. The van der Waals surface area contributed by atoms with Gasteiger partial charge in [0.05, 0.1) is 6.61 Å². The van der Waals surface area contributed by atoms with Gasteiger partial charge in [-0.25, -0.2) is 9.59 Å². The number of amides is 2. The first-order valence-corrected chi connectivity index (χ1v) is 8.44. The van der Waals surface area contributed by atoms with Crippen LogP contribution in [0, 0.1) is 5.92 Å². The van der Waals surface area contributed by atoms with Crippen LogP contribution in [0.15, 0.2) is 10.2 Å². The molecule has 0 spiro atoms. The summed E-state index contributed by atoms with van der Waals surface area (Å²) in [6.07, 6.45) is 7.53. The van der Waals surface area contributed by atoms with E-state index in [0.717, 1.165) is 51.4 Å². The Morgan fingerprint density at radius 2 is 1.77 bits per heavy atom. The Hall–Kier alpha value is -1.46. The van der Waals surface area contributed by atoms with Gasteiger partial charge in [0.25, 0.3) is 0 Å². The largest absolute Gasteiger partial charge is 0.452 e. The van der Waals surface area contributed by atoms with Crippen molar-refractivity contribution in [3.05, 3.63) is 0 Å². The van der Waals surface area contributed by atoms with Gasteiger partial charge in [-0.05, 0) is 38.0 Å². The fraction of sp³-hybridized carbons (Fsp3) is 0.875. The van der Waals surface area contributed by atoms with E-state index < -0.39 is 12.2 Å². The molecule has 1 aliphatic carbocycles. The van der Waals surface area contributed by atoms with Crippen LogP contribution in [-0.4, -0.2) is 24.9 Å². The van der Waals surface area contributed by atoms with Crippen molar-refractivity contribution in [2.45, 2.75) is 77.7 Å². The van der Waals surface area contributed by atoms with Crippen LogP contribution in [0.4, 0.5) is 9.59 Å². The summed E-state index contributed by atoms with van der Waals surface area (Å²) >= 11 is 0. The average Bonchev–Trinajstić information content (AvgIpc) is 2.54. The first-order valence-electron chi connectivity index (χ1n) is 8.44. The molecule has 0 aromatic carbocycles. The van der Waals surface area contributed by atoms with Gasteiger partial charge in [0.15, 0.2) is 0 Å². The third kappa shape index (κ3) is 8.10. The molecule has 0 aromatic heterocycles. The van der Waals surface area contributed by atoms with E-state index in [-0.39, 0.29) is 6.10 Å². The zero-order valence-corrected chi connectivity index (χ0v) is 13.8. The highest BCUT2D eigenvalue weighted by molar-refractivity contribution is 5.73. The molecule has 1 atom stereocenters.